The zero-order valence-corrected chi connectivity index (χ0v) is 16.4. The molecule has 0 radical (unpaired) electrons. The first-order valence-corrected chi connectivity index (χ1v) is 8.76. The summed E-state index contributed by atoms with van der Waals surface area (Å²) in [4.78, 5) is 48.4. The Labute approximate surface area is 166 Å². The molecule has 0 fully saturated rings. The van der Waals surface area contributed by atoms with Gasteiger partial charge in [0.2, 0.25) is 0 Å². The van der Waals surface area contributed by atoms with Crippen molar-refractivity contribution in [1.29, 1.82) is 0 Å². The quantitative estimate of drug-likeness (QED) is 0.599. The molecule has 0 bridgehead atoms. The Hall–Kier alpha value is -3.62. The minimum Gasteiger partial charge on any atom is -0.478 e. The Morgan fingerprint density at radius 3 is 1.76 bits per heavy atom. The van der Waals surface area contributed by atoms with Gasteiger partial charge in [-0.15, -0.1) is 0 Å². The summed E-state index contributed by atoms with van der Waals surface area (Å²) in [7, 11) is 0. The first-order valence-electron chi connectivity index (χ1n) is 8.76. The maximum Gasteiger partial charge on any atom is 0.356 e. The van der Waals surface area contributed by atoms with E-state index in [4.69, 9.17) is 4.74 Å². The van der Waals surface area contributed by atoms with Gasteiger partial charge in [-0.2, -0.15) is 0 Å². The second-order valence-corrected chi connectivity index (χ2v) is 6.58. The van der Waals surface area contributed by atoms with Gasteiger partial charge in [-0.3, -0.25) is 4.57 Å². The molecule has 1 aromatic carbocycles. The van der Waals surface area contributed by atoms with Crippen molar-refractivity contribution in [3.8, 4) is 5.69 Å². The van der Waals surface area contributed by atoms with Crippen molar-refractivity contribution in [2.24, 2.45) is 0 Å². The number of aromatic carboxylic acids is 3. The molecule has 0 aliphatic rings. The molecule has 0 spiro atoms. The van der Waals surface area contributed by atoms with Crippen LogP contribution in [-0.4, -0.2) is 50.4 Å². The number of carbonyl (C=O) groups is 4. The number of benzene rings is 1. The summed E-state index contributed by atoms with van der Waals surface area (Å²) in [6.45, 7) is 6.81. The lowest BCUT2D eigenvalue weighted by Gasteiger charge is -2.17. The fourth-order valence-corrected chi connectivity index (χ4v) is 3.40. The fourth-order valence-electron chi connectivity index (χ4n) is 3.40. The van der Waals surface area contributed by atoms with Crippen LogP contribution < -0.4 is 0 Å². The SMILES string of the molecule is CCCOC(=O)c1c(C(=O)O)c(C(=O)O)c(C(=O)O)n1-c1c(C)cc(C)cc1C. The Kier molecular flexibility index (Phi) is 6.11. The number of carboxylic acids is 3. The molecular formula is C20H21NO8. The van der Waals surface area contributed by atoms with Crippen LogP contribution in [0.2, 0.25) is 0 Å². The number of hydrogen-bond acceptors (Lipinski definition) is 5. The molecule has 0 aliphatic carbocycles. The van der Waals surface area contributed by atoms with Gasteiger partial charge in [0.1, 0.15) is 22.5 Å². The van der Waals surface area contributed by atoms with E-state index < -0.39 is 46.4 Å². The summed E-state index contributed by atoms with van der Waals surface area (Å²) in [6, 6.07) is 3.44. The van der Waals surface area contributed by atoms with Gasteiger partial charge in [0.05, 0.1) is 12.3 Å². The van der Waals surface area contributed by atoms with Gasteiger partial charge in [-0.05, 0) is 38.3 Å². The number of esters is 1. The Morgan fingerprint density at radius 2 is 1.34 bits per heavy atom. The van der Waals surface area contributed by atoms with Crippen molar-refractivity contribution in [2.75, 3.05) is 6.61 Å². The summed E-state index contributed by atoms with van der Waals surface area (Å²) >= 11 is 0. The largest absolute Gasteiger partial charge is 0.478 e. The van der Waals surface area contributed by atoms with Crippen molar-refractivity contribution in [2.45, 2.75) is 34.1 Å². The molecule has 9 nitrogen and oxygen atoms in total. The van der Waals surface area contributed by atoms with Crippen LogP contribution in [0, 0.1) is 20.8 Å². The first kappa shape index (κ1) is 21.7. The van der Waals surface area contributed by atoms with Crippen LogP contribution in [0.25, 0.3) is 5.69 Å². The highest BCUT2D eigenvalue weighted by atomic mass is 16.5. The minimum atomic E-state index is -1.77. The molecule has 0 amide bonds. The van der Waals surface area contributed by atoms with E-state index in [1.54, 1.807) is 32.9 Å². The zero-order valence-electron chi connectivity index (χ0n) is 16.4. The average Bonchev–Trinajstić information content (AvgIpc) is 2.95. The second-order valence-electron chi connectivity index (χ2n) is 6.58. The summed E-state index contributed by atoms with van der Waals surface area (Å²) < 4.78 is 5.92. The van der Waals surface area contributed by atoms with Crippen LogP contribution in [0.15, 0.2) is 12.1 Å². The molecule has 0 aliphatic heterocycles. The predicted molar refractivity (Wildman–Crippen MR) is 101 cm³/mol. The lowest BCUT2D eigenvalue weighted by atomic mass is 10.0. The molecule has 0 saturated heterocycles. The highest BCUT2D eigenvalue weighted by molar-refractivity contribution is 6.15. The van der Waals surface area contributed by atoms with E-state index in [1.807, 2.05) is 6.92 Å². The standard InChI is InChI=1S/C20H21NO8/c1-5-6-29-20(28)16-13(18(24)25)12(17(22)23)15(19(26)27)21(16)14-10(3)7-9(2)8-11(14)4/h7-8H,5-6H2,1-4H3,(H,22,23)(H,24,25)(H,26,27). The Balaban J connectivity index is 3.11. The summed E-state index contributed by atoms with van der Waals surface area (Å²) in [5.41, 5.74) is -1.21. The molecule has 0 saturated carbocycles. The Bertz CT molecular complexity index is 1010. The summed E-state index contributed by atoms with van der Waals surface area (Å²) in [5.74, 6) is -6.31. The van der Waals surface area contributed by atoms with Gasteiger partial charge in [-0.25, -0.2) is 19.2 Å². The molecule has 29 heavy (non-hydrogen) atoms. The predicted octanol–water partition coefficient (Wildman–Crippen LogP) is 3.06. The van der Waals surface area contributed by atoms with Crippen LogP contribution in [0.3, 0.4) is 0 Å². The lowest BCUT2D eigenvalue weighted by molar-refractivity contribution is 0.0485. The van der Waals surface area contributed by atoms with Gasteiger partial charge in [-0.1, -0.05) is 24.6 Å². The molecule has 154 valence electrons. The third kappa shape index (κ3) is 3.84. The van der Waals surface area contributed by atoms with Crippen molar-refractivity contribution in [3.05, 3.63) is 51.3 Å². The molecule has 9 heteroatoms. The van der Waals surface area contributed by atoms with Gasteiger partial charge >= 0.3 is 23.9 Å². The molecule has 3 N–H and O–H groups in total. The molecule has 2 rings (SSSR count). The summed E-state index contributed by atoms with van der Waals surface area (Å²) in [5, 5.41) is 29.0. The molecule has 1 aromatic heterocycles. The van der Waals surface area contributed by atoms with Crippen molar-refractivity contribution in [3.63, 3.8) is 0 Å². The van der Waals surface area contributed by atoms with E-state index in [0.717, 1.165) is 10.1 Å². The highest BCUT2D eigenvalue weighted by Gasteiger charge is 2.39. The van der Waals surface area contributed by atoms with E-state index in [0.29, 0.717) is 17.5 Å². The maximum atomic E-state index is 12.7. The number of hydrogen-bond donors (Lipinski definition) is 3. The van der Waals surface area contributed by atoms with Crippen LogP contribution in [0.5, 0.6) is 0 Å². The third-order valence-corrected chi connectivity index (χ3v) is 4.29. The number of rotatable bonds is 7. The van der Waals surface area contributed by atoms with Gasteiger partial charge in [0.25, 0.3) is 0 Å². The monoisotopic (exact) mass is 403 g/mol. The van der Waals surface area contributed by atoms with E-state index in [-0.39, 0.29) is 12.3 Å². The normalized spacial score (nSPS) is 10.6. The number of carbonyl (C=O) groups excluding carboxylic acids is 1. The molecule has 0 unspecified atom stereocenters. The van der Waals surface area contributed by atoms with Gasteiger partial charge in [0.15, 0.2) is 0 Å². The van der Waals surface area contributed by atoms with Crippen molar-refractivity contribution in [1.82, 2.24) is 4.57 Å². The zero-order chi connectivity index (χ0) is 22.0. The maximum absolute atomic E-state index is 12.7. The number of ether oxygens (including phenoxy) is 1. The second kappa shape index (κ2) is 8.17. The number of aryl methyl sites for hydroxylation is 3. The smallest absolute Gasteiger partial charge is 0.356 e. The van der Waals surface area contributed by atoms with Crippen LogP contribution in [-0.2, 0) is 4.74 Å². The van der Waals surface area contributed by atoms with E-state index >= 15 is 0 Å². The minimum absolute atomic E-state index is 0.0419. The molecular weight excluding hydrogens is 382 g/mol. The van der Waals surface area contributed by atoms with Crippen LogP contribution in [0.4, 0.5) is 0 Å². The van der Waals surface area contributed by atoms with Crippen molar-refractivity contribution < 1.29 is 39.2 Å². The third-order valence-electron chi connectivity index (χ3n) is 4.29. The summed E-state index contributed by atoms with van der Waals surface area (Å²) in [6.07, 6.45) is 0.439. The number of carboxylic acid groups (broad SMARTS) is 3. The lowest BCUT2D eigenvalue weighted by Crippen LogP contribution is -2.19. The Morgan fingerprint density at radius 1 is 0.862 bits per heavy atom. The van der Waals surface area contributed by atoms with Crippen molar-refractivity contribution >= 4 is 23.9 Å². The van der Waals surface area contributed by atoms with Crippen LogP contribution >= 0.6 is 0 Å². The van der Waals surface area contributed by atoms with E-state index in [9.17, 15) is 34.5 Å². The van der Waals surface area contributed by atoms with Gasteiger partial charge < -0.3 is 20.1 Å². The topological polar surface area (TPSA) is 143 Å². The fraction of sp³-hybridized carbons (Fsp3) is 0.300. The average molecular weight is 403 g/mol. The number of aromatic nitrogens is 1. The van der Waals surface area contributed by atoms with Crippen LogP contribution in [0.1, 0.15) is 71.7 Å². The van der Waals surface area contributed by atoms with E-state index in [2.05, 4.69) is 0 Å². The molecule has 0 atom stereocenters. The van der Waals surface area contributed by atoms with E-state index in [1.165, 1.54) is 0 Å². The molecule has 2 aromatic rings. The molecule has 1 heterocycles. The first-order chi connectivity index (χ1) is 13.5. The van der Waals surface area contributed by atoms with Gasteiger partial charge in [0, 0.05) is 0 Å². The number of nitrogens with zero attached hydrogens (tertiary/aromatic N) is 1. The highest BCUT2D eigenvalue weighted by Crippen LogP contribution is 2.32.